The Kier molecular flexibility index (Phi) is 4.52. The minimum atomic E-state index is -0.468. The van der Waals surface area contributed by atoms with Gasteiger partial charge >= 0.3 is 0 Å². The third kappa shape index (κ3) is 3.30. The van der Waals surface area contributed by atoms with Crippen LogP contribution in [0.3, 0.4) is 0 Å². The summed E-state index contributed by atoms with van der Waals surface area (Å²) in [5.74, 6) is -0.252. The van der Waals surface area contributed by atoms with E-state index < -0.39 is 5.79 Å². The summed E-state index contributed by atoms with van der Waals surface area (Å²) in [6.45, 7) is 3.73. The van der Waals surface area contributed by atoms with Crippen LogP contribution < -0.4 is 0 Å². The highest BCUT2D eigenvalue weighted by atomic mass is 16.7. The van der Waals surface area contributed by atoms with Crippen LogP contribution >= 0.6 is 0 Å². The van der Waals surface area contributed by atoms with Gasteiger partial charge in [-0.3, -0.25) is 9.59 Å². The van der Waals surface area contributed by atoms with E-state index in [2.05, 4.69) is 0 Å². The Bertz CT molecular complexity index is 613. The smallest absolute Gasteiger partial charge is 0.289 e. The first kappa shape index (κ1) is 16.6. The topological polar surface area (TPSA) is 72.2 Å². The normalized spacial score (nSPS) is 26.2. The van der Waals surface area contributed by atoms with Crippen molar-refractivity contribution in [3.05, 3.63) is 24.2 Å². The van der Waals surface area contributed by atoms with Gasteiger partial charge in [0.25, 0.3) is 5.91 Å². The summed E-state index contributed by atoms with van der Waals surface area (Å²) >= 11 is 0. The molecule has 2 amide bonds. The van der Waals surface area contributed by atoms with Gasteiger partial charge < -0.3 is 23.7 Å². The second-order valence-corrected chi connectivity index (χ2v) is 7.00. The standard InChI is InChI=1S/C18H24N2O5/c21-16(19-8-5-18(6-9-19)24-11-12-25-18)14-3-1-7-20(13-14)17(22)15-4-2-10-23-15/h2,4,10,14H,1,3,5-9,11-13H2. The van der Waals surface area contributed by atoms with E-state index in [4.69, 9.17) is 13.9 Å². The van der Waals surface area contributed by atoms with Gasteiger partial charge in [0.2, 0.25) is 5.91 Å². The number of rotatable bonds is 2. The molecule has 1 unspecified atom stereocenters. The molecule has 1 aromatic rings. The molecule has 3 aliphatic rings. The highest BCUT2D eigenvalue weighted by Crippen LogP contribution is 2.32. The predicted molar refractivity (Wildman–Crippen MR) is 87.8 cm³/mol. The number of hydrogen-bond donors (Lipinski definition) is 0. The summed E-state index contributed by atoms with van der Waals surface area (Å²) in [7, 11) is 0. The lowest BCUT2D eigenvalue weighted by molar-refractivity contribution is -0.188. The number of ether oxygens (including phenoxy) is 2. The zero-order chi connectivity index (χ0) is 17.3. The molecule has 0 N–H and O–H groups in total. The maximum atomic E-state index is 12.9. The van der Waals surface area contributed by atoms with E-state index in [0.29, 0.717) is 45.2 Å². The third-order valence-corrected chi connectivity index (χ3v) is 5.44. The Morgan fingerprint density at radius 1 is 1.08 bits per heavy atom. The van der Waals surface area contributed by atoms with Crippen molar-refractivity contribution in [1.82, 2.24) is 9.80 Å². The van der Waals surface area contributed by atoms with Gasteiger partial charge in [-0.15, -0.1) is 0 Å². The van der Waals surface area contributed by atoms with Gasteiger partial charge in [0, 0.05) is 39.0 Å². The Balaban J connectivity index is 1.35. The molecule has 7 nitrogen and oxygen atoms in total. The summed E-state index contributed by atoms with van der Waals surface area (Å²) in [5, 5.41) is 0. The van der Waals surface area contributed by atoms with Gasteiger partial charge in [0.1, 0.15) is 0 Å². The van der Waals surface area contributed by atoms with Crippen LogP contribution in [-0.2, 0) is 14.3 Å². The van der Waals surface area contributed by atoms with Crippen molar-refractivity contribution in [3.63, 3.8) is 0 Å². The molecule has 4 rings (SSSR count). The second-order valence-electron chi connectivity index (χ2n) is 7.00. The minimum absolute atomic E-state index is 0.132. The molecule has 3 fully saturated rings. The number of likely N-dealkylation sites (tertiary alicyclic amines) is 2. The maximum Gasteiger partial charge on any atom is 0.289 e. The van der Waals surface area contributed by atoms with Crippen LogP contribution in [0.4, 0.5) is 0 Å². The SMILES string of the molecule is O=C(c1ccco1)N1CCCC(C(=O)N2CCC3(CC2)OCCO3)C1. The van der Waals surface area contributed by atoms with Gasteiger partial charge in [-0.05, 0) is 25.0 Å². The van der Waals surface area contributed by atoms with Crippen molar-refractivity contribution in [2.45, 2.75) is 31.5 Å². The number of hydrogen-bond acceptors (Lipinski definition) is 5. The van der Waals surface area contributed by atoms with Gasteiger partial charge in [-0.2, -0.15) is 0 Å². The van der Waals surface area contributed by atoms with Crippen molar-refractivity contribution in [2.24, 2.45) is 5.92 Å². The fourth-order valence-corrected chi connectivity index (χ4v) is 4.03. The van der Waals surface area contributed by atoms with Crippen LogP contribution in [0, 0.1) is 5.92 Å². The van der Waals surface area contributed by atoms with E-state index in [1.807, 2.05) is 4.90 Å². The quantitative estimate of drug-likeness (QED) is 0.810. The van der Waals surface area contributed by atoms with Crippen LogP contribution in [0.5, 0.6) is 0 Å². The first-order chi connectivity index (χ1) is 12.2. The Hall–Kier alpha value is -1.86. The van der Waals surface area contributed by atoms with Crippen molar-refractivity contribution >= 4 is 11.8 Å². The third-order valence-electron chi connectivity index (χ3n) is 5.44. The molecule has 1 spiro atoms. The van der Waals surface area contributed by atoms with Gasteiger partial charge in [0.05, 0.1) is 25.4 Å². The summed E-state index contributed by atoms with van der Waals surface area (Å²) in [6.07, 6.45) is 4.61. The average Bonchev–Trinajstić information content (AvgIpc) is 3.34. The number of piperidine rings is 2. The minimum Gasteiger partial charge on any atom is -0.459 e. The molecule has 0 saturated carbocycles. The zero-order valence-electron chi connectivity index (χ0n) is 14.3. The lowest BCUT2D eigenvalue weighted by Crippen LogP contribution is -2.51. The van der Waals surface area contributed by atoms with Crippen molar-refractivity contribution in [2.75, 3.05) is 39.4 Å². The Morgan fingerprint density at radius 2 is 1.84 bits per heavy atom. The first-order valence-corrected chi connectivity index (χ1v) is 9.06. The molecule has 7 heteroatoms. The van der Waals surface area contributed by atoms with E-state index in [1.54, 1.807) is 17.0 Å². The fourth-order valence-electron chi connectivity index (χ4n) is 4.03. The fraction of sp³-hybridized carbons (Fsp3) is 0.667. The van der Waals surface area contributed by atoms with E-state index >= 15 is 0 Å². The van der Waals surface area contributed by atoms with Gasteiger partial charge in [0.15, 0.2) is 11.5 Å². The Labute approximate surface area is 146 Å². The summed E-state index contributed by atoms with van der Waals surface area (Å²) in [5.41, 5.74) is 0. The van der Waals surface area contributed by atoms with Crippen LogP contribution in [0.1, 0.15) is 36.2 Å². The highest BCUT2D eigenvalue weighted by molar-refractivity contribution is 5.92. The van der Waals surface area contributed by atoms with Gasteiger partial charge in [-0.25, -0.2) is 0 Å². The van der Waals surface area contributed by atoms with Gasteiger partial charge in [-0.1, -0.05) is 0 Å². The number of furan rings is 1. The molecule has 1 atom stereocenters. The molecule has 4 heterocycles. The molecule has 1 aromatic heterocycles. The zero-order valence-corrected chi connectivity index (χ0v) is 14.3. The molecule has 3 aliphatic heterocycles. The molecule has 136 valence electrons. The number of amides is 2. The van der Waals surface area contributed by atoms with E-state index in [0.717, 1.165) is 25.7 Å². The van der Waals surface area contributed by atoms with Crippen LogP contribution in [-0.4, -0.2) is 66.8 Å². The molecule has 0 aromatic carbocycles. The lowest BCUT2D eigenvalue weighted by atomic mass is 9.94. The van der Waals surface area contributed by atoms with Crippen LogP contribution in [0.2, 0.25) is 0 Å². The number of carbonyl (C=O) groups is 2. The van der Waals surface area contributed by atoms with E-state index in [1.165, 1.54) is 6.26 Å². The van der Waals surface area contributed by atoms with E-state index in [-0.39, 0.29) is 17.7 Å². The maximum absolute atomic E-state index is 12.9. The van der Waals surface area contributed by atoms with E-state index in [9.17, 15) is 9.59 Å². The summed E-state index contributed by atoms with van der Waals surface area (Å²) in [4.78, 5) is 29.0. The Morgan fingerprint density at radius 3 is 2.52 bits per heavy atom. The first-order valence-electron chi connectivity index (χ1n) is 9.06. The molecule has 0 radical (unpaired) electrons. The molecular weight excluding hydrogens is 324 g/mol. The summed E-state index contributed by atoms with van der Waals surface area (Å²) in [6, 6.07) is 3.37. The average molecular weight is 348 g/mol. The summed E-state index contributed by atoms with van der Waals surface area (Å²) < 4.78 is 16.6. The van der Waals surface area contributed by atoms with Crippen LogP contribution in [0.25, 0.3) is 0 Å². The van der Waals surface area contributed by atoms with Crippen LogP contribution in [0.15, 0.2) is 22.8 Å². The second kappa shape index (κ2) is 6.80. The molecular formula is C18H24N2O5. The van der Waals surface area contributed by atoms with Crippen molar-refractivity contribution in [1.29, 1.82) is 0 Å². The van der Waals surface area contributed by atoms with Crippen molar-refractivity contribution < 1.29 is 23.5 Å². The largest absolute Gasteiger partial charge is 0.459 e. The van der Waals surface area contributed by atoms with Crippen molar-refractivity contribution in [3.8, 4) is 0 Å². The number of nitrogens with zero attached hydrogens (tertiary/aromatic N) is 2. The lowest BCUT2D eigenvalue weighted by Gasteiger charge is -2.40. The molecule has 0 bridgehead atoms. The highest BCUT2D eigenvalue weighted by Gasteiger charge is 2.42. The molecule has 3 saturated heterocycles. The molecule has 25 heavy (non-hydrogen) atoms. The number of carbonyl (C=O) groups excluding carboxylic acids is 2. The molecule has 0 aliphatic carbocycles. The monoisotopic (exact) mass is 348 g/mol. The predicted octanol–water partition coefficient (Wildman–Crippen LogP) is 1.50.